The number of hydrogen-bond acceptors (Lipinski definition) is 4. The molecule has 0 radical (unpaired) electrons. The van der Waals surface area contributed by atoms with Gasteiger partial charge < -0.3 is 0 Å². The van der Waals surface area contributed by atoms with Gasteiger partial charge in [-0.1, -0.05) is 0 Å². The van der Waals surface area contributed by atoms with Crippen LogP contribution in [0.1, 0.15) is 0 Å². The third kappa shape index (κ3) is 4.96. The second kappa shape index (κ2) is 7.22. The molecule has 100 valence electrons. The van der Waals surface area contributed by atoms with Crippen LogP contribution in [0.5, 0.6) is 0 Å². The van der Waals surface area contributed by atoms with Crippen LogP contribution in [0.2, 0.25) is 0 Å². The molecular formula is C10H8I2N2O2S2Sn. The molecule has 2 aromatic heterocycles. The van der Waals surface area contributed by atoms with Crippen molar-refractivity contribution in [1.29, 1.82) is 0 Å². The molecule has 0 unspecified atom stereocenters. The number of hydrogen-bond donors (Lipinski definition) is 0. The second-order valence-corrected chi connectivity index (χ2v) is 75.9. The van der Waals surface area contributed by atoms with Gasteiger partial charge in [0, 0.05) is 0 Å². The van der Waals surface area contributed by atoms with Crippen LogP contribution in [-0.4, -0.2) is 7.67 Å². The van der Waals surface area contributed by atoms with Crippen molar-refractivity contribution in [3.8, 4) is 0 Å². The van der Waals surface area contributed by atoms with Crippen molar-refractivity contribution in [1.82, 2.24) is 0 Å². The van der Waals surface area contributed by atoms with E-state index in [1.54, 1.807) is 30.0 Å². The van der Waals surface area contributed by atoms with Crippen molar-refractivity contribution in [3.05, 3.63) is 59.2 Å². The van der Waals surface area contributed by atoms with E-state index < -0.39 is 7.67 Å². The molecule has 0 spiro atoms. The van der Waals surface area contributed by atoms with Crippen molar-refractivity contribution in [3.63, 3.8) is 0 Å². The van der Waals surface area contributed by atoms with E-state index in [2.05, 4.69) is 37.3 Å². The van der Waals surface area contributed by atoms with E-state index in [-0.39, 0.29) is 0 Å². The first-order chi connectivity index (χ1) is 8.98. The summed E-state index contributed by atoms with van der Waals surface area (Å²) >= 11 is 4.87. The summed E-state index contributed by atoms with van der Waals surface area (Å²) in [5, 5.41) is 24.7. The first-order valence-electron chi connectivity index (χ1n) is 5.10. The Balaban J connectivity index is 2.15. The van der Waals surface area contributed by atoms with Crippen LogP contribution in [0.3, 0.4) is 0 Å². The van der Waals surface area contributed by atoms with Crippen LogP contribution in [-0.2, 0) is 0 Å². The Hall–Kier alpha value is 0.859. The van der Waals surface area contributed by atoms with Gasteiger partial charge in [0.2, 0.25) is 0 Å². The van der Waals surface area contributed by atoms with Gasteiger partial charge in [0.05, 0.1) is 0 Å². The van der Waals surface area contributed by atoms with Crippen LogP contribution >= 0.6 is 55.2 Å². The van der Waals surface area contributed by atoms with E-state index in [4.69, 9.17) is 0 Å². The Bertz CT molecular complexity index is 539. The van der Waals surface area contributed by atoms with Gasteiger partial charge >= 0.3 is 142 Å². The fraction of sp³-hybridized carbons (Fsp3) is 0. The van der Waals surface area contributed by atoms with Crippen LogP contribution < -0.4 is 9.46 Å². The van der Waals surface area contributed by atoms with Gasteiger partial charge in [-0.3, -0.25) is 0 Å². The number of pyridine rings is 2. The average molecular weight is 625 g/mol. The summed E-state index contributed by atoms with van der Waals surface area (Å²) in [4.78, 5) is 0. The molecule has 0 N–H and O–H groups in total. The minimum absolute atomic E-state index is 0.697. The maximum absolute atomic E-state index is 11.7. The first kappa shape index (κ1) is 16.2. The quantitative estimate of drug-likeness (QED) is 0.227. The van der Waals surface area contributed by atoms with Crippen LogP contribution in [0, 0.1) is 10.4 Å². The van der Waals surface area contributed by atoms with Crippen molar-refractivity contribution in [2.75, 3.05) is 0 Å². The predicted molar refractivity (Wildman–Crippen MR) is 96.3 cm³/mol. The molecule has 19 heavy (non-hydrogen) atoms. The normalized spacial score (nSPS) is 11.5. The molecule has 0 aliphatic heterocycles. The Morgan fingerprint density at radius 2 is 1.26 bits per heavy atom. The van der Waals surface area contributed by atoms with E-state index >= 15 is 0 Å². The fourth-order valence-corrected chi connectivity index (χ4v) is 32.0. The zero-order valence-electron chi connectivity index (χ0n) is 9.40. The Morgan fingerprint density at radius 3 is 1.63 bits per heavy atom. The molecule has 2 heterocycles. The van der Waals surface area contributed by atoms with Gasteiger partial charge in [-0.05, 0) is 0 Å². The fourth-order valence-electron chi connectivity index (χ4n) is 1.25. The summed E-state index contributed by atoms with van der Waals surface area (Å²) in [5.74, 6) is 0. The maximum atomic E-state index is 11.7. The molecule has 9 heteroatoms. The van der Waals surface area contributed by atoms with Gasteiger partial charge in [0.15, 0.2) is 0 Å². The van der Waals surface area contributed by atoms with E-state index in [0.29, 0.717) is 10.1 Å². The summed E-state index contributed by atoms with van der Waals surface area (Å²) < 4.78 is 1.76. The Morgan fingerprint density at radius 1 is 0.842 bits per heavy atom. The minimum atomic E-state index is -2.70. The SMILES string of the molecule is [O-][n+]1ccccc1[S][Sn]([I])([I])[S]c1cccc[n+]1[O-]. The Kier molecular flexibility index (Phi) is 6.17. The van der Waals surface area contributed by atoms with E-state index in [0.717, 1.165) is 9.46 Å². The van der Waals surface area contributed by atoms with Crippen LogP contribution in [0.25, 0.3) is 0 Å². The molecule has 2 aromatic rings. The number of rotatable bonds is 4. The van der Waals surface area contributed by atoms with Crippen LogP contribution in [0.4, 0.5) is 0 Å². The summed E-state index contributed by atoms with van der Waals surface area (Å²) in [7, 11) is 0.538. The van der Waals surface area contributed by atoms with Crippen LogP contribution in [0.15, 0.2) is 58.8 Å². The summed E-state index contributed by atoms with van der Waals surface area (Å²) in [6.07, 6.45) is 3.00. The molecule has 2 rings (SSSR count). The molecule has 0 amide bonds. The number of aromatic nitrogens is 2. The predicted octanol–water partition coefficient (Wildman–Crippen LogP) is 3.14. The summed E-state index contributed by atoms with van der Waals surface area (Å²) in [6, 6.07) is 10.8. The molecule has 0 atom stereocenters. The third-order valence-corrected chi connectivity index (χ3v) is 32.3. The summed E-state index contributed by atoms with van der Waals surface area (Å²) in [6.45, 7) is 0. The number of nitrogens with zero attached hydrogens (tertiary/aromatic N) is 2. The van der Waals surface area contributed by atoms with E-state index in [1.165, 1.54) is 12.4 Å². The molecule has 0 aromatic carbocycles. The standard InChI is InChI=1S/2C5H5NOS.2HI.Sn/c2*7-6-4-2-1-3-5(6)8;;;/h2*1-4,8H;2*1H;/q;;;;+4/p-4. The van der Waals surface area contributed by atoms with Crippen molar-refractivity contribution in [2.45, 2.75) is 10.1 Å². The van der Waals surface area contributed by atoms with Gasteiger partial charge in [0.25, 0.3) is 0 Å². The molecule has 0 saturated heterocycles. The zero-order valence-corrected chi connectivity index (χ0v) is 18.2. The van der Waals surface area contributed by atoms with E-state index in [1.807, 2.05) is 24.3 Å². The number of halogens is 2. The first-order valence-corrected chi connectivity index (χ1v) is 30.4. The molecule has 0 bridgehead atoms. The topological polar surface area (TPSA) is 53.9 Å². The second-order valence-electron chi connectivity index (χ2n) is 3.40. The molecule has 4 nitrogen and oxygen atoms in total. The Labute approximate surface area is 139 Å². The van der Waals surface area contributed by atoms with Crippen molar-refractivity contribution >= 4 is 62.8 Å². The van der Waals surface area contributed by atoms with Crippen molar-refractivity contribution in [2.24, 2.45) is 0 Å². The molecule has 0 fully saturated rings. The molecular weight excluding hydrogens is 617 g/mol. The molecule has 0 saturated carbocycles. The van der Waals surface area contributed by atoms with Gasteiger partial charge in [0.1, 0.15) is 0 Å². The average Bonchev–Trinajstić information content (AvgIpc) is 2.35. The zero-order chi connectivity index (χ0) is 13.9. The monoisotopic (exact) mass is 626 g/mol. The van der Waals surface area contributed by atoms with Gasteiger partial charge in [-0.25, -0.2) is 0 Å². The summed E-state index contributed by atoms with van der Waals surface area (Å²) in [5.41, 5.74) is 0. The van der Waals surface area contributed by atoms with Crippen molar-refractivity contribution < 1.29 is 9.46 Å². The molecule has 0 aliphatic carbocycles. The van der Waals surface area contributed by atoms with Gasteiger partial charge in [-0.2, -0.15) is 0 Å². The molecule has 0 aliphatic rings. The van der Waals surface area contributed by atoms with E-state index in [9.17, 15) is 10.4 Å². The third-order valence-electron chi connectivity index (χ3n) is 2.02. The van der Waals surface area contributed by atoms with Gasteiger partial charge in [-0.15, -0.1) is 0 Å².